The molecule has 0 bridgehead atoms. The Morgan fingerprint density at radius 2 is 1.58 bits per heavy atom. The van der Waals surface area contributed by atoms with Gasteiger partial charge in [0.05, 0.1) is 6.10 Å². The van der Waals surface area contributed by atoms with Gasteiger partial charge in [-0.2, -0.15) is 0 Å². The van der Waals surface area contributed by atoms with E-state index in [1.54, 1.807) is 0 Å². The molecule has 0 heterocycles. The van der Waals surface area contributed by atoms with Crippen LogP contribution < -0.4 is 5.32 Å². The number of hydrogen-bond donors (Lipinski definition) is 2. The summed E-state index contributed by atoms with van der Waals surface area (Å²) in [5.74, 6) is 0. The molecular weight excluding hydrogens is 150 g/mol. The Balaban J connectivity index is 4.38. The van der Waals surface area contributed by atoms with Gasteiger partial charge in [0.15, 0.2) is 0 Å². The van der Waals surface area contributed by atoms with E-state index >= 15 is 0 Å². The van der Waals surface area contributed by atoms with Gasteiger partial charge >= 0.3 is 0 Å². The molecular formula is C10H23NO. The second kappa shape index (κ2) is 3.75. The Labute approximate surface area is 76.4 Å². The topological polar surface area (TPSA) is 32.3 Å². The Morgan fingerprint density at radius 3 is 1.83 bits per heavy atom. The maximum absolute atomic E-state index is 9.85. The lowest BCUT2D eigenvalue weighted by molar-refractivity contribution is -0.0248. The van der Waals surface area contributed by atoms with E-state index in [0.29, 0.717) is 6.54 Å². The van der Waals surface area contributed by atoms with Gasteiger partial charge in [-0.1, -0.05) is 34.6 Å². The lowest BCUT2D eigenvalue weighted by Crippen LogP contribution is -2.45. The van der Waals surface area contributed by atoms with Crippen LogP contribution in [0.25, 0.3) is 0 Å². The zero-order chi connectivity index (χ0) is 9.99. The molecule has 0 aliphatic heterocycles. The maximum atomic E-state index is 9.85. The Kier molecular flexibility index (Phi) is 3.73. The highest BCUT2D eigenvalue weighted by Gasteiger charge is 2.38. The van der Waals surface area contributed by atoms with Gasteiger partial charge in [-0.3, -0.25) is 0 Å². The predicted molar refractivity (Wildman–Crippen MR) is 53.2 cm³/mol. The van der Waals surface area contributed by atoms with Gasteiger partial charge in [-0.15, -0.1) is 0 Å². The average Bonchev–Trinajstić information content (AvgIpc) is 1.85. The molecule has 0 spiro atoms. The molecule has 2 heteroatoms. The fraction of sp³-hybridized carbons (Fsp3) is 1.00. The van der Waals surface area contributed by atoms with E-state index in [-0.39, 0.29) is 16.9 Å². The molecule has 0 aliphatic carbocycles. The molecule has 2 nitrogen and oxygen atoms in total. The summed E-state index contributed by atoms with van der Waals surface area (Å²) in [5, 5.41) is 12.8. The van der Waals surface area contributed by atoms with Gasteiger partial charge in [-0.25, -0.2) is 0 Å². The van der Waals surface area contributed by atoms with Crippen molar-refractivity contribution in [2.24, 2.45) is 10.8 Å². The summed E-state index contributed by atoms with van der Waals surface area (Å²) in [5.41, 5.74) is 0.0687. The lowest BCUT2D eigenvalue weighted by Gasteiger charge is -2.42. The SMILES string of the molecule is CNCC(O)C(C)(C)C(C)(C)C. The first-order valence-electron chi connectivity index (χ1n) is 4.56. The summed E-state index contributed by atoms with van der Waals surface area (Å²) >= 11 is 0. The quantitative estimate of drug-likeness (QED) is 0.680. The maximum Gasteiger partial charge on any atom is 0.0720 e. The molecule has 0 aromatic heterocycles. The minimum absolute atomic E-state index is 0.0595. The molecule has 0 aromatic carbocycles. The zero-order valence-electron chi connectivity index (χ0n) is 9.23. The van der Waals surface area contributed by atoms with Crippen molar-refractivity contribution in [3.05, 3.63) is 0 Å². The van der Waals surface area contributed by atoms with Crippen molar-refractivity contribution in [1.29, 1.82) is 0 Å². The molecule has 2 N–H and O–H groups in total. The number of nitrogens with one attached hydrogen (secondary N) is 1. The highest BCUT2D eigenvalue weighted by molar-refractivity contribution is 4.89. The molecule has 0 saturated heterocycles. The van der Waals surface area contributed by atoms with Crippen LogP contribution in [0, 0.1) is 10.8 Å². The molecule has 0 aliphatic rings. The second-order valence-corrected chi connectivity index (χ2v) is 5.05. The van der Waals surface area contributed by atoms with E-state index in [2.05, 4.69) is 39.9 Å². The number of aliphatic hydroxyl groups is 1. The Bertz CT molecular complexity index is 135. The molecule has 1 atom stereocenters. The summed E-state index contributed by atoms with van der Waals surface area (Å²) < 4.78 is 0. The van der Waals surface area contributed by atoms with Crippen molar-refractivity contribution in [1.82, 2.24) is 5.32 Å². The summed E-state index contributed by atoms with van der Waals surface area (Å²) in [7, 11) is 1.86. The van der Waals surface area contributed by atoms with Crippen LogP contribution in [0.5, 0.6) is 0 Å². The standard InChI is InChI=1S/C10H23NO/c1-9(2,3)10(4,5)8(12)7-11-6/h8,11-12H,7H2,1-6H3. The van der Waals surface area contributed by atoms with Crippen LogP contribution in [0.3, 0.4) is 0 Å². The fourth-order valence-electron chi connectivity index (χ4n) is 0.948. The van der Waals surface area contributed by atoms with Crippen molar-refractivity contribution in [3.63, 3.8) is 0 Å². The van der Waals surface area contributed by atoms with Gasteiger partial charge in [0.2, 0.25) is 0 Å². The van der Waals surface area contributed by atoms with E-state index in [1.165, 1.54) is 0 Å². The number of likely N-dealkylation sites (N-methyl/N-ethyl adjacent to an activating group) is 1. The van der Waals surface area contributed by atoms with Crippen LogP contribution in [0.1, 0.15) is 34.6 Å². The summed E-state index contributed by atoms with van der Waals surface area (Å²) in [6.07, 6.45) is -0.289. The molecule has 0 saturated carbocycles. The van der Waals surface area contributed by atoms with Crippen LogP contribution in [-0.2, 0) is 0 Å². The van der Waals surface area contributed by atoms with E-state index in [9.17, 15) is 5.11 Å². The molecule has 0 amide bonds. The van der Waals surface area contributed by atoms with Gasteiger partial charge < -0.3 is 10.4 Å². The van der Waals surface area contributed by atoms with Crippen molar-refractivity contribution < 1.29 is 5.11 Å². The number of rotatable bonds is 3. The second-order valence-electron chi connectivity index (χ2n) is 5.05. The third-order valence-electron chi connectivity index (χ3n) is 3.16. The van der Waals surface area contributed by atoms with Gasteiger partial charge in [0.25, 0.3) is 0 Å². The van der Waals surface area contributed by atoms with E-state index < -0.39 is 0 Å². The number of hydrogen-bond acceptors (Lipinski definition) is 2. The predicted octanol–water partition coefficient (Wildman–Crippen LogP) is 1.64. The van der Waals surface area contributed by atoms with E-state index in [0.717, 1.165) is 0 Å². The first kappa shape index (κ1) is 11.9. The molecule has 0 aromatic rings. The molecule has 0 radical (unpaired) electrons. The van der Waals surface area contributed by atoms with Crippen LogP contribution in [-0.4, -0.2) is 24.8 Å². The highest BCUT2D eigenvalue weighted by atomic mass is 16.3. The van der Waals surface area contributed by atoms with Crippen molar-refractivity contribution in [3.8, 4) is 0 Å². The third kappa shape index (κ3) is 2.46. The van der Waals surface area contributed by atoms with Crippen molar-refractivity contribution in [2.75, 3.05) is 13.6 Å². The Morgan fingerprint density at radius 1 is 1.17 bits per heavy atom. The lowest BCUT2D eigenvalue weighted by atomic mass is 9.66. The molecule has 1 unspecified atom stereocenters. The summed E-state index contributed by atoms with van der Waals surface area (Å²) in [6, 6.07) is 0. The van der Waals surface area contributed by atoms with Crippen LogP contribution in [0.15, 0.2) is 0 Å². The van der Waals surface area contributed by atoms with Crippen LogP contribution in [0.4, 0.5) is 0 Å². The van der Waals surface area contributed by atoms with Gasteiger partial charge in [0, 0.05) is 6.54 Å². The van der Waals surface area contributed by atoms with Crippen LogP contribution in [0.2, 0.25) is 0 Å². The van der Waals surface area contributed by atoms with Crippen LogP contribution >= 0.6 is 0 Å². The first-order valence-corrected chi connectivity index (χ1v) is 4.56. The van der Waals surface area contributed by atoms with E-state index in [1.807, 2.05) is 7.05 Å². The van der Waals surface area contributed by atoms with Crippen molar-refractivity contribution >= 4 is 0 Å². The third-order valence-corrected chi connectivity index (χ3v) is 3.16. The first-order chi connectivity index (χ1) is 5.23. The highest BCUT2D eigenvalue weighted by Crippen LogP contribution is 2.40. The summed E-state index contributed by atoms with van der Waals surface area (Å²) in [6.45, 7) is 11.3. The average molecular weight is 173 g/mol. The smallest absolute Gasteiger partial charge is 0.0720 e. The molecule has 12 heavy (non-hydrogen) atoms. The monoisotopic (exact) mass is 173 g/mol. The van der Waals surface area contributed by atoms with E-state index in [4.69, 9.17) is 0 Å². The molecule has 74 valence electrons. The number of aliphatic hydroxyl groups excluding tert-OH is 1. The van der Waals surface area contributed by atoms with Crippen molar-refractivity contribution in [2.45, 2.75) is 40.7 Å². The summed E-state index contributed by atoms with van der Waals surface area (Å²) in [4.78, 5) is 0. The van der Waals surface area contributed by atoms with Gasteiger partial charge in [-0.05, 0) is 17.9 Å². The Hall–Kier alpha value is -0.0800. The minimum Gasteiger partial charge on any atom is -0.391 e. The molecule has 0 rings (SSSR count). The molecule has 0 fully saturated rings. The normalized spacial score (nSPS) is 16.2. The fourth-order valence-corrected chi connectivity index (χ4v) is 0.948. The largest absolute Gasteiger partial charge is 0.391 e. The van der Waals surface area contributed by atoms with Gasteiger partial charge in [0.1, 0.15) is 0 Å². The minimum atomic E-state index is -0.289. The zero-order valence-corrected chi connectivity index (χ0v) is 9.23.